The minimum absolute atomic E-state index is 0.140. The fraction of sp³-hybridized carbons (Fsp3) is 0.500. The number of halogens is 1. The van der Waals surface area contributed by atoms with Crippen molar-refractivity contribution < 1.29 is 9.53 Å². The molecule has 154 valence electrons. The summed E-state index contributed by atoms with van der Waals surface area (Å²) in [5, 5.41) is 4.61. The molecule has 9 heteroatoms. The predicted octanol–water partition coefficient (Wildman–Crippen LogP) is 3.07. The molecule has 4 rings (SSSR count). The average Bonchev–Trinajstić information content (AvgIpc) is 2.99. The van der Waals surface area contributed by atoms with Crippen molar-refractivity contribution in [2.45, 2.75) is 32.1 Å². The lowest BCUT2D eigenvalue weighted by Crippen LogP contribution is -2.46. The fourth-order valence-corrected chi connectivity index (χ4v) is 4.30. The smallest absolute Gasteiger partial charge is 0.278 e. The van der Waals surface area contributed by atoms with Gasteiger partial charge in [0.1, 0.15) is 5.71 Å². The van der Waals surface area contributed by atoms with Gasteiger partial charge in [0, 0.05) is 28.8 Å². The largest absolute Gasteiger partial charge is 0.379 e. The molecule has 1 amide bonds. The number of hydrogen-bond donors (Lipinski definition) is 1. The minimum Gasteiger partial charge on any atom is -0.379 e. The van der Waals surface area contributed by atoms with Gasteiger partial charge >= 0.3 is 0 Å². The SMILES string of the molecule is O=C1/C(=N\C(=S)NN=C2CCCCC2)c2cc(Br)ccc2N1CN1CCOCC1. The summed E-state index contributed by atoms with van der Waals surface area (Å²) in [6, 6.07) is 5.80. The van der Waals surface area contributed by atoms with Gasteiger partial charge in [0.2, 0.25) is 5.11 Å². The Morgan fingerprint density at radius 2 is 1.97 bits per heavy atom. The second-order valence-corrected chi connectivity index (χ2v) is 8.68. The third-order valence-electron chi connectivity index (χ3n) is 5.35. The third-order valence-corrected chi connectivity index (χ3v) is 6.03. The molecule has 0 unspecified atom stereocenters. The van der Waals surface area contributed by atoms with Crippen LogP contribution in [0.2, 0.25) is 0 Å². The number of anilines is 1. The molecule has 1 aromatic rings. The summed E-state index contributed by atoms with van der Waals surface area (Å²) in [4.78, 5) is 21.6. The maximum Gasteiger partial charge on any atom is 0.278 e. The van der Waals surface area contributed by atoms with Crippen molar-refractivity contribution in [2.75, 3.05) is 37.9 Å². The summed E-state index contributed by atoms with van der Waals surface area (Å²) >= 11 is 8.86. The van der Waals surface area contributed by atoms with Gasteiger partial charge in [0.05, 0.1) is 25.6 Å². The molecule has 2 fully saturated rings. The molecular weight excluding hydrogens is 454 g/mol. The number of nitrogens with zero attached hydrogens (tertiary/aromatic N) is 4. The first kappa shape index (κ1) is 20.6. The molecule has 1 aromatic carbocycles. The van der Waals surface area contributed by atoms with E-state index in [0.29, 0.717) is 25.6 Å². The van der Waals surface area contributed by atoms with Crippen molar-refractivity contribution in [1.82, 2.24) is 10.3 Å². The van der Waals surface area contributed by atoms with E-state index in [4.69, 9.17) is 17.0 Å². The Bertz CT molecular complexity index is 858. The number of ether oxygens (including phenoxy) is 1. The number of rotatable bonds is 3. The van der Waals surface area contributed by atoms with Crippen LogP contribution in [0.15, 0.2) is 32.8 Å². The Hall–Kier alpha value is -1.68. The number of amides is 1. The molecule has 2 aliphatic heterocycles. The monoisotopic (exact) mass is 477 g/mol. The van der Waals surface area contributed by atoms with Gasteiger partial charge in [-0.2, -0.15) is 5.10 Å². The number of aliphatic imine (C=N–C) groups is 1. The average molecular weight is 478 g/mol. The van der Waals surface area contributed by atoms with Gasteiger partial charge in [-0.05, 0) is 56.1 Å². The van der Waals surface area contributed by atoms with Crippen LogP contribution >= 0.6 is 28.1 Å². The number of thiocarbonyl (C=S) groups is 1. The van der Waals surface area contributed by atoms with Gasteiger partial charge in [-0.25, -0.2) is 4.99 Å². The van der Waals surface area contributed by atoms with Crippen LogP contribution in [0.3, 0.4) is 0 Å². The Labute approximate surface area is 184 Å². The molecule has 7 nitrogen and oxygen atoms in total. The second kappa shape index (κ2) is 9.42. The van der Waals surface area contributed by atoms with Gasteiger partial charge < -0.3 is 4.74 Å². The molecule has 1 N–H and O–H groups in total. The van der Waals surface area contributed by atoms with Gasteiger partial charge in [-0.1, -0.05) is 22.4 Å². The highest BCUT2D eigenvalue weighted by atomic mass is 79.9. The van der Waals surface area contributed by atoms with Crippen LogP contribution in [0, 0.1) is 0 Å². The first-order chi connectivity index (χ1) is 14.1. The molecule has 0 bridgehead atoms. The van der Waals surface area contributed by atoms with Crippen LogP contribution in [-0.4, -0.2) is 60.3 Å². The standard InChI is InChI=1S/C20H24BrN5O2S/c21-14-6-7-17-16(12-14)18(19(27)26(17)13-25-8-10-28-11-9-25)22-20(29)24-23-15-4-2-1-3-5-15/h6-7,12H,1-5,8-11,13H2,(H,24,29)/b22-18-. The van der Waals surface area contributed by atoms with Crippen molar-refractivity contribution in [2.24, 2.45) is 10.1 Å². The summed E-state index contributed by atoms with van der Waals surface area (Å²) in [6.07, 6.45) is 5.57. The van der Waals surface area contributed by atoms with Gasteiger partial charge in [-0.3, -0.25) is 20.0 Å². The number of carbonyl (C=O) groups excluding carboxylic acids is 1. The Balaban J connectivity index is 1.54. The number of morpholine rings is 1. The van der Waals surface area contributed by atoms with Crippen LogP contribution in [-0.2, 0) is 9.53 Å². The number of hydrogen-bond acceptors (Lipinski definition) is 5. The number of fused-ring (bicyclic) bond motifs is 1. The van der Waals surface area contributed by atoms with Crippen LogP contribution in [0.4, 0.5) is 5.69 Å². The maximum atomic E-state index is 13.2. The minimum atomic E-state index is -0.140. The third kappa shape index (κ3) is 4.91. The Kier molecular flexibility index (Phi) is 6.69. The molecule has 2 heterocycles. The number of carbonyl (C=O) groups is 1. The number of nitrogens with one attached hydrogen (secondary N) is 1. The first-order valence-electron chi connectivity index (χ1n) is 9.98. The van der Waals surface area contributed by atoms with Crippen molar-refractivity contribution in [1.29, 1.82) is 0 Å². The van der Waals surface area contributed by atoms with Crippen LogP contribution in [0.1, 0.15) is 37.7 Å². The van der Waals surface area contributed by atoms with E-state index in [0.717, 1.165) is 60.2 Å². The van der Waals surface area contributed by atoms with Crippen molar-refractivity contribution in [3.63, 3.8) is 0 Å². The van der Waals surface area contributed by atoms with Crippen LogP contribution < -0.4 is 10.3 Å². The summed E-state index contributed by atoms with van der Waals surface area (Å²) in [5.74, 6) is -0.140. The summed E-state index contributed by atoms with van der Waals surface area (Å²) in [6.45, 7) is 3.49. The number of hydrazone groups is 1. The summed E-state index contributed by atoms with van der Waals surface area (Å²) in [7, 11) is 0. The van der Waals surface area contributed by atoms with E-state index in [1.54, 1.807) is 4.90 Å². The first-order valence-corrected chi connectivity index (χ1v) is 11.2. The Morgan fingerprint density at radius 1 is 1.21 bits per heavy atom. The molecule has 0 spiro atoms. The van der Waals surface area contributed by atoms with E-state index in [-0.39, 0.29) is 11.0 Å². The number of benzene rings is 1. The van der Waals surface area contributed by atoms with Gasteiger partial charge in [0.25, 0.3) is 5.91 Å². The Morgan fingerprint density at radius 3 is 2.72 bits per heavy atom. The van der Waals surface area contributed by atoms with E-state index < -0.39 is 0 Å². The molecule has 0 aromatic heterocycles. The zero-order valence-corrected chi connectivity index (χ0v) is 18.6. The van der Waals surface area contributed by atoms with E-state index >= 15 is 0 Å². The molecular formula is C20H24BrN5O2S. The molecule has 1 saturated carbocycles. The quantitative estimate of drug-likeness (QED) is 0.534. The molecule has 3 aliphatic rings. The maximum absolute atomic E-state index is 13.2. The normalized spacial score (nSPS) is 21.4. The van der Waals surface area contributed by atoms with E-state index in [2.05, 4.69) is 36.3 Å². The predicted molar refractivity (Wildman–Crippen MR) is 122 cm³/mol. The highest BCUT2D eigenvalue weighted by Crippen LogP contribution is 2.32. The van der Waals surface area contributed by atoms with E-state index in [9.17, 15) is 4.79 Å². The molecule has 29 heavy (non-hydrogen) atoms. The highest BCUT2D eigenvalue weighted by Gasteiger charge is 2.35. The lowest BCUT2D eigenvalue weighted by molar-refractivity contribution is -0.112. The topological polar surface area (TPSA) is 69.5 Å². The van der Waals surface area contributed by atoms with Crippen molar-refractivity contribution >= 4 is 56.3 Å². The van der Waals surface area contributed by atoms with Gasteiger partial charge in [0.15, 0.2) is 0 Å². The zero-order valence-electron chi connectivity index (χ0n) is 16.2. The van der Waals surface area contributed by atoms with Crippen molar-refractivity contribution in [3.8, 4) is 0 Å². The summed E-state index contributed by atoms with van der Waals surface area (Å²) in [5.41, 5.74) is 5.98. The van der Waals surface area contributed by atoms with E-state index in [1.807, 2.05) is 18.2 Å². The molecule has 1 aliphatic carbocycles. The zero-order chi connectivity index (χ0) is 20.2. The van der Waals surface area contributed by atoms with Crippen LogP contribution in [0.5, 0.6) is 0 Å². The van der Waals surface area contributed by atoms with Gasteiger partial charge in [-0.15, -0.1) is 0 Å². The molecule has 0 radical (unpaired) electrons. The lowest BCUT2D eigenvalue weighted by Gasteiger charge is -2.30. The van der Waals surface area contributed by atoms with Crippen LogP contribution in [0.25, 0.3) is 0 Å². The lowest BCUT2D eigenvalue weighted by atomic mass is 9.99. The van der Waals surface area contributed by atoms with Crippen molar-refractivity contribution in [3.05, 3.63) is 28.2 Å². The second-order valence-electron chi connectivity index (χ2n) is 7.38. The molecule has 1 saturated heterocycles. The molecule has 0 atom stereocenters. The fourth-order valence-electron chi connectivity index (χ4n) is 3.80. The summed E-state index contributed by atoms with van der Waals surface area (Å²) < 4.78 is 6.31. The highest BCUT2D eigenvalue weighted by molar-refractivity contribution is 9.10. The van der Waals surface area contributed by atoms with E-state index in [1.165, 1.54) is 6.42 Å².